The van der Waals surface area contributed by atoms with Crippen molar-refractivity contribution < 1.29 is 24.6 Å². The van der Waals surface area contributed by atoms with Gasteiger partial charge in [0.2, 0.25) is 17.4 Å². The lowest BCUT2D eigenvalue weighted by Crippen LogP contribution is -2.46. The molecule has 0 saturated carbocycles. The summed E-state index contributed by atoms with van der Waals surface area (Å²) in [6.07, 6.45) is 1.71. The van der Waals surface area contributed by atoms with Gasteiger partial charge in [-0.2, -0.15) is 0 Å². The van der Waals surface area contributed by atoms with Gasteiger partial charge in [0.1, 0.15) is 5.75 Å². The number of nitrogens with zero attached hydrogens (tertiary/aromatic N) is 1. The molecule has 6 heteroatoms. The number of carbonyl (C=O) groups excluding carboxylic acids is 1. The van der Waals surface area contributed by atoms with Crippen LogP contribution in [0.25, 0.3) is 0 Å². The highest BCUT2D eigenvalue weighted by Gasteiger charge is 2.38. The Hall–Kier alpha value is -2.89. The van der Waals surface area contributed by atoms with E-state index in [9.17, 15) is 15.0 Å². The van der Waals surface area contributed by atoms with Crippen LogP contribution in [0, 0.1) is 0 Å². The third-order valence-corrected chi connectivity index (χ3v) is 3.02. The molecule has 2 N–H and O–H groups in total. The number of ether oxygens (including phenoxy) is 1. The molecule has 1 aromatic carbocycles. The third kappa shape index (κ3) is 3.22. The minimum absolute atomic E-state index is 0.184. The van der Waals surface area contributed by atoms with Crippen LogP contribution in [0.1, 0.15) is 13.3 Å². The zero-order chi connectivity index (χ0) is 16.2. The molecular weight excluding hydrogens is 286 g/mol. The molecule has 1 unspecified atom stereocenters. The Morgan fingerprint density at radius 2 is 1.82 bits per heavy atom. The monoisotopic (exact) mass is 303 g/mol. The molecule has 1 aromatic heterocycles. The normalized spacial score (nSPS) is 13.1. The summed E-state index contributed by atoms with van der Waals surface area (Å²) < 4.78 is 6.33. The maximum Gasteiger partial charge on any atom is 0.376 e. The van der Waals surface area contributed by atoms with Crippen molar-refractivity contribution in [2.75, 3.05) is 0 Å². The van der Waals surface area contributed by atoms with Gasteiger partial charge >= 0.3 is 5.97 Å². The first-order valence-corrected chi connectivity index (χ1v) is 6.63. The molecule has 0 aliphatic rings. The molecule has 22 heavy (non-hydrogen) atoms. The lowest BCUT2D eigenvalue weighted by Gasteiger charge is -2.27. The fourth-order valence-corrected chi connectivity index (χ4v) is 1.87. The Kier molecular flexibility index (Phi) is 4.41. The molecule has 0 bridgehead atoms. The summed E-state index contributed by atoms with van der Waals surface area (Å²) in [5.74, 6) is -1.08. The average molecular weight is 303 g/mol. The van der Waals surface area contributed by atoms with Crippen molar-refractivity contribution >= 4 is 5.97 Å². The molecule has 1 heterocycles. The fourth-order valence-electron chi connectivity index (χ4n) is 1.87. The van der Waals surface area contributed by atoms with Crippen LogP contribution in [0.15, 0.2) is 55.1 Å². The molecule has 2 rings (SSSR count). The van der Waals surface area contributed by atoms with Gasteiger partial charge in [-0.15, -0.1) is 11.3 Å². The van der Waals surface area contributed by atoms with E-state index in [1.54, 1.807) is 31.2 Å². The van der Waals surface area contributed by atoms with E-state index >= 15 is 0 Å². The van der Waals surface area contributed by atoms with Gasteiger partial charge < -0.3 is 19.8 Å². The molecule has 2 aromatic rings. The standard InChI is InChI=1S/C16H17NO5/c1-3-11-16(2,21-12-7-5-4-6-8-12)15(20)22-17-13(18)9-10-14(17)19/h3-10,18-19H,1,11H2,2H3. The summed E-state index contributed by atoms with van der Waals surface area (Å²) in [4.78, 5) is 17.4. The minimum Gasteiger partial charge on any atom is -0.492 e. The number of hydrogen-bond acceptors (Lipinski definition) is 5. The van der Waals surface area contributed by atoms with E-state index in [2.05, 4.69) is 6.58 Å². The van der Waals surface area contributed by atoms with E-state index in [-0.39, 0.29) is 6.42 Å². The van der Waals surface area contributed by atoms with Crippen LogP contribution in [0.3, 0.4) is 0 Å². The summed E-state index contributed by atoms with van der Waals surface area (Å²) in [6, 6.07) is 11.2. The van der Waals surface area contributed by atoms with E-state index in [1.807, 2.05) is 6.07 Å². The van der Waals surface area contributed by atoms with Crippen LogP contribution < -0.4 is 9.57 Å². The number of benzene rings is 1. The van der Waals surface area contributed by atoms with Crippen LogP contribution in [0.5, 0.6) is 17.5 Å². The van der Waals surface area contributed by atoms with Crippen molar-refractivity contribution in [3.8, 4) is 17.5 Å². The summed E-state index contributed by atoms with van der Waals surface area (Å²) >= 11 is 0. The number of rotatable bonds is 6. The maximum atomic E-state index is 12.4. The first kappa shape index (κ1) is 15.5. The SMILES string of the molecule is C=CCC(C)(Oc1ccccc1)C(=O)On1c(O)ccc1O. The highest BCUT2D eigenvalue weighted by Crippen LogP contribution is 2.24. The van der Waals surface area contributed by atoms with Crippen LogP contribution in [0.2, 0.25) is 0 Å². The van der Waals surface area contributed by atoms with Crippen molar-refractivity contribution in [2.45, 2.75) is 18.9 Å². The molecule has 116 valence electrons. The van der Waals surface area contributed by atoms with Gasteiger partial charge in [0, 0.05) is 18.6 Å². The third-order valence-electron chi connectivity index (χ3n) is 3.02. The van der Waals surface area contributed by atoms with E-state index in [1.165, 1.54) is 18.2 Å². The van der Waals surface area contributed by atoms with Crippen molar-refractivity contribution in [1.29, 1.82) is 0 Å². The second-order valence-corrected chi connectivity index (χ2v) is 4.86. The lowest BCUT2D eigenvalue weighted by molar-refractivity contribution is -0.162. The molecule has 6 nitrogen and oxygen atoms in total. The minimum atomic E-state index is -1.35. The first-order valence-electron chi connectivity index (χ1n) is 6.63. The molecule has 0 fully saturated rings. The summed E-state index contributed by atoms with van der Waals surface area (Å²) in [5.41, 5.74) is -1.35. The lowest BCUT2D eigenvalue weighted by atomic mass is 10.0. The van der Waals surface area contributed by atoms with Crippen molar-refractivity contribution in [1.82, 2.24) is 4.73 Å². The molecule has 1 atom stereocenters. The highest BCUT2D eigenvalue weighted by atomic mass is 16.7. The number of aromatic hydroxyl groups is 2. The highest BCUT2D eigenvalue weighted by molar-refractivity contribution is 5.80. The number of carbonyl (C=O) groups is 1. The van der Waals surface area contributed by atoms with Crippen molar-refractivity contribution in [3.63, 3.8) is 0 Å². The van der Waals surface area contributed by atoms with E-state index < -0.39 is 23.3 Å². The van der Waals surface area contributed by atoms with Crippen molar-refractivity contribution in [2.24, 2.45) is 0 Å². The zero-order valence-electron chi connectivity index (χ0n) is 12.1. The molecule has 0 amide bonds. The maximum absolute atomic E-state index is 12.4. The largest absolute Gasteiger partial charge is 0.492 e. The van der Waals surface area contributed by atoms with Gasteiger partial charge in [-0.1, -0.05) is 24.3 Å². The molecule has 0 radical (unpaired) electrons. The smallest absolute Gasteiger partial charge is 0.376 e. The Balaban J connectivity index is 2.22. The van der Waals surface area contributed by atoms with Crippen LogP contribution in [-0.2, 0) is 4.79 Å². The average Bonchev–Trinajstić information content (AvgIpc) is 2.80. The zero-order valence-corrected chi connectivity index (χ0v) is 12.1. The Bertz CT molecular complexity index is 645. The second kappa shape index (κ2) is 6.26. The number of para-hydroxylation sites is 1. The van der Waals surface area contributed by atoms with E-state index in [0.717, 1.165) is 0 Å². The molecule has 0 spiro atoms. The number of aromatic nitrogens is 1. The summed E-state index contributed by atoms with van der Waals surface area (Å²) in [6.45, 7) is 5.15. The van der Waals surface area contributed by atoms with E-state index in [4.69, 9.17) is 9.57 Å². The Morgan fingerprint density at radius 1 is 1.23 bits per heavy atom. The fraction of sp³-hybridized carbons (Fsp3) is 0.188. The molecule has 0 saturated heterocycles. The second-order valence-electron chi connectivity index (χ2n) is 4.86. The topological polar surface area (TPSA) is 80.9 Å². The van der Waals surface area contributed by atoms with Crippen LogP contribution in [0.4, 0.5) is 0 Å². The Morgan fingerprint density at radius 3 is 2.36 bits per heavy atom. The van der Waals surface area contributed by atoms with E-state index in [0.29, 0.717) is 10.5 Å². The van der Waals surface area contributed by atoms with Crippen LogP contribution in [-0.4, -0.2) is 26.5 Å². The van der Waals surface area contributed by atoms with Gasteiger partial charge in [-0.05, 0) is 19.1 Å². The predicted octanol–water partition coefficient (Wildman–Crippen LogP) is 2.27. The summed E-state index contributed by atoms with van der Waals surface area (Å²) in [7, 11) is 0. The predicted molar refractivity (Wildman–Crippen MR) is 79.6 cm³/mol. The number of hydrogen-bond donors (Lipinski definition) is 2. The first-order chi connectivity index (χ1) is 10.5. The van der Waals surface area contributed by atoms with Gasteiger partial charge in [0.25, 0.3) is 0 Å². The molecule has 0 aliphatic carbocycles. The van der Waals surface area contributed by atoms with Crippen molar-refractivity contribution in [3.05, 3.63) is 55.1 Å². The molecule has 0 aliphatic heterocycles. The van der Waals surface area contributed by atoms with Gasteiger partial charge in [-0.25, -0.2) is 4.79 Å². The van der Waals surface area contributed by atoms with Gasteiger partial charge in [0.15, 0.2) is 0 Å². The summed E-state index contributed by atoms with van der Waals surface area (Å²) in [5, 5.41) is 19.1. The van der Waals surface area contributed by atoms with Crippen LogP contribution >= 0.6 is 0 Å². The molecular formula is C16H17NO5. The van der Waals surface area contributed by atoms with Gasteiger partial charge in [0.05, 0.1) is 0 Å². The van der Waals surface area contributed by atoms with Gasteiger partial charge in [-0.3, -0.25) is 0 Å². The quantitative estimate of drug-likeness (QED) is 0.800. The Labute approximate surface area is 127 Å².